The van der Waals surface area contributed by atoms with Gasteiger partial charge in [-0.05, 0) is 25.7 Å². The number of nitrogen functional groups attached to an aromatic ring is 1. The Hall–Kier alpha value is -2.11. The van der Waals surface area contributed by atoms with Gasteiger partial charge in [0.25, 0.3) is 0 Å². The van der Waals surface area contributed by atoms with Gasteiger partial charge in [-0.2, -0.15) is 5.10 Å². The Bertz CT molecular complexity index is 562. The molecule has 100 valence electrons. The minimum atomic E-state index is 0.604. The molecule has 6 heteroatoms. The van der Waals surface area contributed by atoms with Crippen LogP contribution in [0.4, 0.5) is 11.6 Å². The lowest BCUT2D eigenvalue weighted by molar-refractivity contribution is 0.709. The molecule has 0 aromatic carbocycles. The van der Waals surface area contributed by atoms with Crippen molar-refractivity contribution in [3.8, 4) is 0 Å². The maximum Gasteiger partial charge on any atom is 0.133 e. The van der Waals surface area contributed by atoms with E-state index in [9.17, 15) is 0 Å². The molecule has 0 saturated heterocycles. The number of hydrogen-bond donors (Lipinski definition) is 3. The van der Waals surface area contributed by atoms with Crippen molar-refractivity contribution in [1.29, 1.82) is 0 Å². The lowest BCUT2D eigenvalue weighted by atomic mass is 10.1. The summed E-state index contributed by atoms with van der Waals surface area (Å²) in [6, 6.07) is 0. The standard InChI is InChI=1S/C13H18N6/c14-12-9(7-18-19-12)6-15-13-10-4-2-1-3-5-11(10)16-8-17-13/h7-8H,1-6H2,(H3,14,18,19)(H,15,16,17). The zero-order valence-corrected chi connectivity index (χ0v) is 10.8. The van der Waals surface area contributed by atoms with E-state index in [0.717, 1.165) is 24.2 Å². The fraction of sp³-hybridized carbons (Fsp3) is 0.462. The van der Waals surface area contributed by atoms with Gasteiger partial charge >= 0.3 is 0 Å². The average molecular weight is 258 g/mol. The number of aryl methyl sites for hydroxylation is 1. The van der Waals surface area contributed by atoms with E-state index in [1.54, 1.807) is 12.5 Å². The van der Waals surface area contributed by atoms with Crippen molar-refractivity contribution in [3.05, 3.63) is 29.3 Å². The molecule has 0 bridgehead atoms. The summed E-state index contributed by atoms with van der Waals surface area (Å²) >= 11 is 0. The van der Waals surface area contributed by atoms with Crippen LogP contribution >= 0.6 is 0 Å². The van der Waals surface area contributed by atoms with E-state index >= 15 is 0 Å². The summed E-state index contributed by atoms with van der Waals surface area (Å²) in [5.41, 5.74) is 9.19. The first-order chi connectivity index (χ1) is 9.34. The third kappa shape index (κ3) is 2.52. The van der Waals surface area contributed by atoms with Crippen LogP contribution in [0.15, 0.2) is 12.5 Å². The van der Waals surface area contributed by atoms with Crippen LogP contribution in [0, 0.1) is 0 Å². The van der Waals surface area contributed by atoms with Crippen molar-refractivity contribution in [2.24, 2.45) is 0 Å². The molecule has 4 N–H and O–H groups in total. The van der Waals surface area contributed by atoms with Gasteiger partial charge in [-0.1, -0.05) is 6.42 Å². The number of hydrogen-bond acceptors (Lipinski definition) is 5. The quantitative estimate of drug-likeness (QED) is 0.728. The SMILES string of the molecule is Nc1[nH]ncc1CNc1ncnc2c1CCCCC2. The molecule has 19 heavy (non-hydrogen) atoms. The molecular weight excluding hydrogens is 240 g/mol. The van der Waals surface area contributed by atoms with Crippen LogP contribution in [0.2, 0.25) is 0 Å². The molecule has 2 aromatic rings. The van der Waals surface area contributed by atoms with E-state index in [-0.39, 0.29) is 0 Å². The maximum atomic E-state index is 5.78. The molecule has 2 aromatic heterocycles. The highest BCUT2D eigenvalue weighted by Crippen LogP contribution is 2.24. The fourth-order valence-corrected chi connectivity index (χ4v) is 2.49. The molecule has 0 amide bonds. The molecule has 0 atom stereocenters. The van der Waals surface area contributed by atoms with Crippen LogP contribution < -0.4 is 11.1 Å². The molecule has 0 unspecified atom stereocenters. The second-order valence-corrected chi connectivity index (χ2v) is 4.87. The molecule has 1 aliphatic carbocycles. The lowest BCUT2D eigenvalue weighted by Gasteiger charge is -2.11. The van der Waals surface area contributed by atoms with Gasteiger partial charge in [0.2, 0.25) is 0 Å². The Labute approximate surface area is 111 Å². The Morgan fingerprint density at radius 1 is 1.21 bits per heavy atom. The Morgan fingerprint density at radius 3 is 2.95 bits per heavy atom. The summed E-state index contributed by atoms with van der Waals surface area (Å²) < 4.78 is 0. The molecular formula is C13H18N6. The number of aromatic nitrogens is 4. The average Bonchev–Trinajstić information content (AvgIpc) is 2.69. The summed E-state index contributed by atoms with van der Waals surface area (Å²) in [5, 5.41) is 10.00. The van der Waals surface area contributed by atoms with Gasteiger partial charge in [0.1, 0.15) is 18.0 Å². The summed E-state index contributed by atoms with van der Waals surface area (Å²) in [6.45, 7) is 0.631. The van der Waals surface area contributed by atoms with Crippen molar-refractivity contribution in [3.63, 3.8) is 0 Å². The van der Waals surface area contributed by atoms with Gasteiger partial charge in [0.05, 0.1) is 6.20 Å². The summed E-state index contributed by atoms with van der Waals surface area (Å²) in [4.78, 5) is 8.78. The van der Waals surface area contributed by atoms with Gasteiger partial charge in [-0.3, -0.25) is 5.10 Å². The smallest absolute Gasteiger partial charge is 0.133 e. The zero-order valence-electron chi connectivity index (χ0n) is 10.8. The van der Waals surface area contributed by atoms with Crippen molar-refractivity contribution < 1.29 is 0 Å². The minimum absolute atomic E-state index is 0.604. The molecule has 2 heterocycles. The highest BCUT2D eigenvalue weighted by atomic mass is 15.1. The number of rotatable bonds is 3. The summed E-state index contributed by atoms with van der Waals surface area (Å²) in [5.74, 6) is 1.54. The van der Waals surface area contributed by atoms with Crippen molar-refractivity contribution >= 4 is 11.6 Å². The molecule has 1 aliphatic rings. The molecule has 0 spiro atoms. The lowest BCUT2D eigenvalue weighted by Crippen LogP contribution is -2.08. The predicted molar refractivity (Wildman–Crippen MR) is 73.6 cm³/mol. The van der Waals surface area contributed by atoms with Crippen LogP contribution in [-0.2, 0) is 19.4 Å². The van der Waals surface area contributed by atoms with Crippen LogP contribution in [0.1, 0.15) is 36.1 Å². The largest absolute Gasteiger partial charge is 0.384 e. The second-order valence-electron chi connectivity index (χ2n) is 4.87. The topological polar surface area (TPSA) is 92.5 Å². The van der Waals surface area contributed by atoms with E-state index in [0.29, 0.717) is 12.4 Å². The van der Waals surface area contributed by atoms with E-state index < -0.39 is 0 Å². The minimum Gasteiger partial charge on any atom is -0.384 e. The van der Waals surface area contributed by atoms with Crippen molar-refractivity contribution in [2.45, 2.75) is 38.6 Å². The first-order valence-corrected chi connectivity index (χ1v) is 6.69. The first kappa shape index (κ1) is 12.0. The van der Waals surface area contributed by atoms with Gasteiger partial charge in [-0.15, -0.1) is 0 Å². The Morgan fingerprint density at radius 2 is 2.11 bits per heavy atom. The van der Waals surface area contributed by atoms with E-state index in [1.165, 1.54) is 30.5 Å². The molecule has 0 fully saturated rings. The third-order valence-corrected chi connectivity index (χ3v) is 3.57. The van der Waals surface area contributed by atoms with Crippen molar-refractivity contribution in [1.82, 2.24) is 20.2 Å². The number of nitrogens with one attached hydrogen (secondary N) is 2. The first-order valence-electron chi connectivity index (χ1n) is 6.69. The zero-order chi connectivity index (χ0) is 13.1. The van der Waals surface area contributed by atoms with Crippen LogP contribution in [0.3, 0.4) is 0 Å². The highest BCUT2D eigenvalue weighted by Gasteiger charge is 2.14. The van der Waals surface area contributed by atoms with Gasteiger partial charge in [0, 0.05) is 23.4 Å². The molecule has 0 radical (unpaired) electrons. The number of fused-ring (bicyclic) bond motifs is 1. The van der Waals surface area contributed by atoms with Crippen LogP contribution in [-0.4, -0.2) is 20.2 Å². The molecule has 0 aliphatic heterocycles. The molecule has 0 saturated carbocycles. The van der Waals surface area contributed by atoms with Crippen molar-refractivity contribution in [2.75, 3.05) is 11.1 Å². The van der Waals surface area contributed by atoms with E-state index in [1.807, 2.05) is 0 Å². The summed E-state index contributed by atoms with van der Waals surface area (Å²) in [7, 11) is 0. The second kappa shape index (κ2) is 5.26. The van der Waals surface area contributed by atoms with Crippen LogP contribution in [0.5, 0.6) is 0 Å². The van der Waals surface area contributed by atoms with Crippen LogP contribution in [0.25, 0.3) is 0 Å². The predicted octanol–water partition coefficient (Wildman–Crippen LogP) is 1.66. The third-order valence-electron chi connectivity index (χ3n) is 3.57. The van der Waals surface area contributed by atoms with Gasteiger partial charge < -0.3 is 11.1 Å². The monoisotopic (exact) mass is 258 g/mol. The Balaban J connectivity index is 1.79. The highest BCUT2D eigenvalue weighted by molar-refractivity contribution is 5.48. The number of nitrogens with zero attached hydrogens (tertiary/aromatic N) is 3. The van der Waals surface area contributed by atoms with E-state index in [2.05, 4.69) is 25.5 Å². The fourth-order valence-electron chi connectivity index (χ4n) is 2.49. The van der Waals surface area contributed by atoms with Gasteiger partial charge in [0.15, 0.2) is 0 Å². The molecule has 3 rings (SSSR count). The Kier molecular flexibility index (Phi) is 3.31. The molecule has 6 nitrogen and oxygen atoms in total. The van der Waals surface area contributed by atoms with E-state index in [4.69, 9.17) is 5.73 Å². The number of H-pyrrole nitrogens is 1. The number of anilines is 2. The maximum absolute atomic E-state index is 5.78. The number of nitrogens with two attached hydrogens (primary N) is 1. The summed E-state index contributed by atoms with van der Waals surface area (Å²) in [6.07, 6.45) is 9.19. The normalized spacial score (nSPS) is 14.7. The number of aromatic amines is 1. The van der Waals surface area contributed by atoms with Gasteiger partial charge in [-0.25, -0.2) is 9.97 Å².